The second kappa shape index (κ2) is 8.54. The summed E-state index contributed by atoms with van der Waals surface area (Å²) < 4.78 is 7.54. The molecule has 1 aromatic carbocycles. The minimum absolute atomic E-state index is 0.0187. The van der Waals surface area contributed by atoms with Crippen LogP contribution in [-0.2, 0) is 9.53 Å². The van der Waals surface area contributed by atoms with Gasteiger partial charge in [-0.1, -0.05) is 37.7 Å². The van der Waals surface area contributed by atoms with Crippen LogP contribution in [0.4, 0.5) is 0 Å². The number of aromatic nitrogens is 2. The predicted octanol–water partition coefficient (Wildman–Crippen LogP) is 3.38. The maximum atomic E-state index is 12.0. The number of imidazole rings is 1. The van der Waals surface area contributed by atoms with Crippen LogP contribution in [0.1, 0.15) is 38.2 Å². The van der Waals surface area contributed by atoms with Gasteiger partial charge in [0.1, 0.15) is 0 Å². The first-order valence-corrected chi connectivity index (χ1v) is 9.77. The van der Waals surface area contributed by atoms with E-state index in [2.05, 4.69) is 48.4 Å². The first-order valence-electron chi connectivity index (χ1n) is 8.78. The largest absolute Gasteiger partial charge is 0.376 e. The monoisotopic (exact) mass is 359 g/mol. The number of rotatable bonds is 7. The van der Waals surface area contributed by atoms with Crippen molar-refractivity contribution < 1.29 is 9.53 Å². The van der Waals surface area contributed by atoms with Crippen molar-refractivity contribution in [2.24, 2.45) is 0 Å². The van der Waals surface area contributed by atoms with E-state index in [9.17, 15) is 4.79 Å². The Labute approximate surface area is 153 Å². The number of thioether (sulfide) groups is 1. The van der Waals surface area contributed by atoms with E-state index in [1.807, 2.05) is 10.8 Å². The molecule has 1 amide bonds. The van der Waals surface area contributed by atoms with E-state index in [1.165, 1.54) is 17.3 Å². The standard InChI is InChI=1S/C19H25N3O2S/c1-14(2)15-5-7-16(8-6-15)22-10-9-20-19(22)25-13-18(23)21-12-17-4-3-11-24-17/h5-10,14,17H,3-4,11-13H2,1-2H3,(H,21,23)/t17-/m1/s1. The van der Waals surface area contributed by atoms with Crippen molar-refractivity contribution in [2.45, 2.75) is 43.9 Å². The summed E-state index contributed by atoms with van der Waals surface area (Å²) in [6, 6.07) is 8.47. The fourth-order valence-corrected chi connectivity index (χ4v) is 3.63. The molecule has 2 aromatic rings. The molecule has 0 spiro atoms. The Hall–Kier alpha value is -1.79. The van der Waals surface area contributed by atoms with E-state index in [1.54, 1.807) is 6.20 Å². The first-order chi connectivity index (χ1) is 12.1. The van der Waals surface area contributed by atoms with E-state index < -0.39 is 0 Å². The fourth-order valence-electron chi connectivity index (χ4n) is 2.83. The third-order valence-corrected chi connectivity index (χ3v) is 5.29. The molecule has 5 nitrogen and oxygen atoms in total. The third-order valence-electron chi connectivity index (χ3n) is 4.33. The Bertz CT molecular complexity index is 691. The fraction of sp³-hybridized carbons (Fsp3) is 0.474. The van der Waals surface area contributed by atoms with E-state index in [4.69, 9.17) is 4.74 Å². The van der Waals surface area contributed by atoms with Gasteiger partial charge < -0.3 is 10.1 Å². The molecule has 3 rings (SSSR count). The number of hydrogen-bond acceptors (Lipinski definition) is 4. The van der Waals surface area contributed by atoms with Crippen LogP contribution in [0, 0.1) is 0 Å². The summed E-state index contributed by atoms with van der Waals surface area (Å²) in [7, 11) is 0. The second-order valence-corrected chi connectivity index (χ2v) is 7.50. The topological polar surface area (TPSA) is 56.2 Å². The van der Waals surface area contributed by atoms with Gasteiger partial charge in [-0.3, -0.25) is 9.36 Å². The SMILES string of the molecule is CC(C)c1ccc(-n2ccnc2SCC(=O)NC[C@H]2CCCO2)cc1. The lowest BCUT2D eigenvalue weighted by molar-refractivity contribution is -0.119. The van der Waals surface area contributed by atoms with Gasteiger partial charge in [0, 0.05) is 31.2 Å². The number of carbonyl (C=O) groups excluding carboxylic acids is 1. The summed E-state index contributed by atoms with van der Waals surface area (Å²) in [5, 5.41) is 3.77. The van der Waals surface area contributed by atoms with Gasteiger partial charge in [0.05, 0.1) is 11.9 Å². The van der Waals surface area contributed by atoms with Gasteiger partial charge in [-0.05, 0) is 36.5 Å². The van der Waals surface area contributed by atoms with Gasteiger partial charge in [-0.25, -0.2) is 4.98 Å². The van der Waals surface area contributed by atoms with Crippen molar-refractivity contribution >= 4 is 17.7 Å². The van der Waals surface area contributed by atoms with Crippen LogP contribution < -0.4 is 5.32 Å². The molecule has 2 heterocycles. The molecule has 1 saturated heterocycles. The Kier molecular flexibility index (Phi) is 6.15. The molecular formula is C19H25N3O2S. The lowest BCUT2D eigenvalue weighted by atomic mass is 10.0. The Balaban J connectivity index is 1.55. The molecule has 0 bridgehead atoms. The van der Waals surface area contributed by atoms with Crippen molar-refractivity contribution in [3.8, 4) is 5.69 Å². The predicted molar refractivity (Wildman–Crippen MR) is 100 cm³/mol. The van der Waals surface area contributed by atoms with Crippen LogP contribution >= 0.6 is 11.8 Å². The molecule has 1 aromatic heterocycles. The van der Waals surface area contributed by atoms with E-state index in [-0.39, 0.29) is 12.0 Å². The molecule has 1 aliphatic rings. The average molecular weight is 359 g/mol. The zero-order valence-corrected chi connectivity index (χ0v) is 15.6. The highest BCUT2D eigenvalue weighted by molar-refractivity contribution is 7.99. The van der Waals surface area contributed by atoms with Crippen molar-refractivity contribution in [2.75, 3.05) is 18.9 Å². The zero-order chi connectivity index (χ0) is 17.6. The third kappa shape index (κ3) is 4.86. The summed E-state index contributed by atoms with van der Waals surface area (Å²) in [5.74, 6) is 0.886. The molecular weight excluding hydrogens is 334 g/mol. The molecule has 1 aliphatic heterocycles. The number of hydrogen-bond donors (Lipinski definition) is 1. The van der Waals surface area contributed by atoms with Crippen molar-refractivity contribution in [1.29, 1.82) is 0 Å². The lowest BCUT2D eigenvalue weighted by Crippen LogP contribution is -2.32. The van der Waals surface area contributed by atoms with Crippen LogP contribution in [-0.4, -0.2) is 40.5 Å². The average Bonchev–Trinajstić information content (AvgIpc) is 3.29. The Morgan fingerprint density at radius 3 is 2.88 bits per heavy atom. The molecule has 0 aliphatic carbocycles. The lowest BCUT2D eigenvalue weighted by Gasteiger charge is -2.11. The quantitative estimate of drug-likeness (QED) is 0.770. The molecule has 0 radical (unpaired) electrons. The molecule has 1 N–H and O–H groups in total. The van der Waals surface area contributed by atoms with Crippen LogP contribution in [0.15, 0.2) is 41.8 Å². The van der Waals surface area contributed by atoms with E-state index >= 15 is 0 Å². The maximum Gasteiger partial charge on any atom is 0.230 e. The Morgan fingerprint density at radius 1 is 1.40 bits per heavy atom. The Morgan fingerprint density at radius 2 is 2.20 bits per heavy atom. The molecule has 0 unspecified atom stereocenters. The van der Waals surface area contributed by atoms with Crippen LogP contribution in [0.3, 0.4) is 0 Å². The molecule has 25 heavy (non-hydrogen) atoms. The number of carbonyl (C=O) groups is 1. The summed E-state index contributed by atoms with van der Waals surface area (Å²) in [6.07, 6.45) is 5.99. The highest BCUT2D eigenvalue weighted by Crippen LogP contribution is 2.22. The number of ether oxygens (including phenoxy) is 1. The summed E-state index contributed by atoms with van der Waals surface area (Å²) in [6.45, 7) is 5.78. The van der Waals surface area contributed by atoms with Gasteiger partial charge >= 0.3 is 0 Å². The van der Waals surface area contributed by atoms with Crippen LogP contribution in [0.2, 0.25) is 0 Å². The van der Waals surface area contributed by atoms with Crippen LogP contribution in [0.25, 0.3) is 5.69 Å². The second-order valence-electron chi connectivity index (χ2n) is 6.55. The summed E-state index contributed by atoms with van der Waals surface area (Å²) in [4.78, 5) is 16.4. The van der Waals surface area contributed by atoms with Gasteiger partial charge in [-0.2, -0.15) is 0 Å². The normalized spacial score (nSPS) is 17.2. The van der Waals surface area contributed by atoms with Crippen molar-refractivity contribution in [3.05, 3.63) is 42.2 Å². The van der Waals surface area contributed by atoms with E-state index in [0.29, 0.717) is 18.2 Å². The highest BCUT2D eigenvalue weighted by atomic mass is 32.2. The summed E-state index contributed by atoms with van der Waals surface area (Å²) in [5.41, 5.74) is 2.37. The number of nitrogens with zero attached hydrogens (tertiary/aromatic N) is 2. The minimum atomic E-state index is 0.0187. The zero-order valence-electron chi connectivity index (χ0n) is 14.8. The molecule has 6 heteroatoms. The molecule has 0 saturated carbocycles. The number of benzene rings is 1. The van der Waals surface area contributed by atoms with Gasteiger partial charge in [0.15, 0.2) is 5.16 Å². The smallest absolute Gasteiger partial charge is 0.230 e. The van der Waals surface area contributed by atoms with E-state index in [0.717, 1.165) is 30.3 Å². The number of amides is 1. The summed E-state index contributed by atoms with van der Waals surface area (Å²) >= 11 is 1.45. The van der Waals surface area contributed by atoms with Crippen molar-refractivity contribution in [3.63, 3.8) is 0 Å². The first kappa shape index (κ1) is 18.0. The van der Waals surface area contributed by atoms with Crippen molar-refractivity contribution in [1.82, 2.24) is 14.9 Å². The molecule has 1 fully saturated rings. The number of nitrogens with one attached hydrogen (secondary N) is 1. The minimum Gasteiger partial charge on any atom is -0.376 e. The van der Waals surface area contributed by atoms with Gasteiger partial charge in [0.25, 0.3) is 0 Å². The highest BCUT2D eigenvalue weighted by Gasteiger charge is 2.16. The molecule has 1 atom stereocenters. The van der Waals surface area contributed by atoms with Gasteiger partial charge in [0.2, 0.25) is 5.91 Å². The van der Waals surface area contributed by atoms with Crippen LogP contribution in [0.5, 0.6) is 0 Å². The maximum absolute atomic E-state index is 12.0. The molecule has 134 valence electrons. The van der Waals surface area contributed by atoms with Gasteiger partial charge in [-0.15, -0.1) is 0 Å².